The fraction of sp³-hybridized carbons (Fsp3) is 0.182. The summed E-state index contributed by atoms with van der Waals surface area (Å²) in [5.41, 5.74) is 6.67. The number of nitrogens with two attached hydrogens (primary N) is 1. The second-order valence-electron chi connectivity index (χ2n) is 3.32. The minimum absolute atomic E-state index is 0.124. The highest BCUT2D eigenvalue weighted by atomic mass is 19.1. The van der Waals surface area contributed by atoms with Gasteiger partial charge in [0, 0.05) is 6.42 Å². The molecule has 0 aliphatic heterocycles. The molecular weight excluding hydrogens is 195 g/mol. The first-order valence-corrected chi connectivity index (χ1v) is 4.62. The number of hydrogen-bond donors (Lipinski definition) is 1. The summed E-state index contributed by atoms with van der Waals surface area (Å²) in [6, 6.07) is 6.71. The number of nitrogens with zero attached hydrogens (tertiary/aromatic N) is 1. The van der Waals surface area contributed by atoms with Crippen molar-refractivity contribution in [1.82, 2.24) is 4.98 Å². The van der Waals surface area contributed by atoms with E-state index in [4.69, 9.17) is 10.2 Å². The average Bonchev–Trinajstić information content (AvgIpc) is 2.49. The molecule has 15 heavy (non-hydrogen) atoms. The van der Waals surface area contributed by atoms with Crippen LogP contribution < -0.4 is 5.73 Å². The monoisotopic (exact) mass is 206 g/mol. The molecule has 2 N–H and O–H groups in total. The first-order chi connectivity index (χ1) is 7.16. The van der Waals surface area contributed by atoms with Crippen molar-refractivity contribution in [3.8, 4) is 0 Å². The highest BCUT2D eigenvalue weighted by Gasteiger charge is 2.10. The van der Waals surface area contributed by atoms with Gasteiger partial charge in [0.25, 0.3) is 6.01 Å². The predicted molar refractivity (Wildman–Crippen MR) is 54.9 cm³/mol. The van der Waals surface area contributed by atoms with Gasteiger partial charge in [0.05, 0.1) is 5.69 Å². The molecule has 2 aromatic rings. The maximum Gasteiger partial charge on any atom is 0.292 e. The largest absolute Gasteiger partial charge is 0.429 e. The van der Waals surface area contributed by atoms with E-state index >= 15 is 0 Å². The zero-order valence-corrected chi connectivity index (χ0v) is 8.33. The van der Waals surface area contributed by atoms with Crippen molar-refractivity contribution in [3.63, 3.8) is 0 Å². The van der Waals surface area contributed by atoms with E-state index in [2.05, 4.69) is 4.98 Å². The Morgan fingerprint density at radius 2 is 2.13 bits per heavy atom. The lowest BCUT2D eigenvalue weighted by molar-refractivity contribution is 0.545. The molecule has 0 atom stereocenters. The lowest BCUT2D eigenvalue weighted by Crippen LogP contribution is -1.94. The number of nitrogen functional groups attached to an aromatic ring is 1. The fourth-order valence-corrected chi connectivity index (χ4v) is 1.44. The first kappa shape index (κ1) is 9.71. The number of oxazole rings is 1. The van der Waals surface area contributed by atoms with Crippen molar-refractivity contribution in [3.05, 3.63) is 47.1 Å². The van der Waals surface area contributed by atoms with Gasteiger partial charge in [-0.15, -0.1) is 0 Å². The van der Waals surface area contributed by atoms with Crippen LogP contribution in [0, 0.1) is 12.7 Å². The highest BCUT2D eigenvalue weighted by molar-refractivity contribution is 5.27. The summed E-state index contributed by atoms with van der Waals surface area (Å²) < 4.78 is 18.4. The topological polar surface area (TPSA) is 52.0 Å². The van der Waals surface area contributed by atoms with E-state index in [1.54, 1.807) is 25.1 Å². The molecule has 0 radical (unpaired) electrons. The Morgan fingerprint density at radius 3 is 2.73 bits per heavy atom. The Bertz CT molecular complexity index is 479. The van der Waals surface area contributed by atoms with Crippen molar-refractivity contribution in [2.45, 2.75) is 13.3 Å². The smallest absolute Gasteiger partial charge is 0.292 e. The quantitative estimate of drug-likeness (QED) is 0.820. The summed E-state index contributed by atoms with van der Waals surface area (Å²) in [5.74, 6) is 0.397. The Hall–Kier alpha value is -1.84. The summed E-state index contributed by atoms with van der Waals surface area (Å²) in [6.45, 7) is 1.76. The van der Waals surface area contributed by atoms with Crippen LogP contribution in [0.2, 0.25) is 0 Å². The molecule has 0 spiro atoms. The van der Waals surface area contributed by atoms with Crippen LogP contribution in [0.3, 0.4) is 0 Å². The number of benzene rings is 1. The Kier molecular flexibility index (Phi) is 2.41. The Morgan fingerprint density at radius 1 is 1.40 bits per heavy atom. The van der Waals surface area contributed by atoms with Gasteiger partial charge in [-0.05, 0) is 18.6 Å². The van der Waals surface area contributed by atoms with Gasteiger partial charge < -0.3 is 10.2 Å². The van der Waals surface area contributed by atoms with Gasteiger partial charge in [-0.2, -0.15) is 4.98 Å². The number of aromatic nitrogens is 1. The Balaban J connectivity index is 2.29. The maximum atomic E-state index is 13.3. The summed E-state index contributed by atoms with van der Waals surface area (Å²) >= 11 is 0. The zero-order valence-electron chi connectivity index (χ0n) is 8.33. The second kappa shape index (κ2) is 3.73. The van der Waals surface area contributed by atoms with Gasteiger partial charge in [-0.1, -0.05) is 18.2 Å². The van der Waals surface area contributed by atoms with Gasteiger partial charge in [0.2, 0.25) is 0 Å². The maximum absolute atomic E-state index is 13.3. The van der Waals surface area contributed by atoms with E-state index in [1.165, 1.54) is 6.07 Å². The molecule has 0 saturated carbocycles. The van der Waals surface area contributed by atoms with Crippen molar-refractivity contribution in [2.24, 2.45) is 0 Å². The normalized spacial score (nSPS) is 10.5. The standard InChI is InChI=1S/C11H11FN2O/c1-7-10(14-11(13)15-7)6-8-4-2-3-5-9(8)12/h2-5H,6H2,1H3,(H2,13,14). The number of aryl methyl sites for hydroxylation is 1. The van der Waals surface area contributed by atoms with Gasteiger partial charge in [-0.25, -0.2) is 4.39 Å². The minimum atomic E-state index is -0.238. The zero-order chi connectivity index (χ0) is 10.8. The van der Waals surface area contributed by atoms with Crippen molar-refractivity contribution in [1.29, 1.82) is 0 Å². The third-order valence-corrected chi connectivity index (χ3v) is 2.22. The molecule has 0 saturated heterocycles. The molecule has 0 fully saturated rings. The van der Waals surface area contributed by atoms with Crippen LogP contribution in [0.1, 0.15) is 17.0 Å². The van der Waals surface area contributed by atoms with Crippen molar-refractivity contribution in [2.75, 3.05) is 5.73 Å². The second-order valence-corrected chi connectivity index (χ2v) is 3.32. The summed E-state index contributed by atoms with van der Waals surface area (Å²) in [5, 5.41) is 0. The molecule has 0 bridgehead atoms. The van der Waals surface area contributed by atoms with Crippen LogP contribution in [0.15, 0.2) is 28.7 Å². The van der Waals surface area contributed by atoms with Gasteiger partial charge >= 0.3 is 0 Å². The van der Waals surface area contributed by atoms with Crippen LogP contribution in [-0.2, 0) is 6.42 Å². The molecule has 1 aromatic carbocycles. The molecule has 78 valence electrons. The SMILES string of the molecule is Cc1oc(N)nc1Cc1ccccc1F. The molecule has 0 amide bonds. The average molecular weight is 206 g/mol. The third kappa shape index (κ3) is 1.98. The van der Waals surface area contributed by atoms with Crippen LogP contribution in [-0.4, -0.2) is 4.98 Å². The number of hydrogen-bond acceptors (Lipinski definition) is 3. The lowest BCUT2D eigenvalue weighted by Gasteiger charge is -1.99. The first-order valence-electron chi connectivity index (χ1n) is 4.62. The molecule has 0 unspecified atom stereocenters. The van der Waals surface area contributed by atoms with Crippen LogP contribution >= 0.6 is 0 Å². The minimum Gasteiger partial charge on any atom is -0.429 e. The van der Waals surface area contributed by atoms with Crippen molar-refractivity contribution < 1.29 is 8.81 Å². The molecule has 1 aromatic heterocycles. The molecule has 1 heterocycles. The van der Waals surface area contributed by atoms with E-state index in [0.29, 0.717) is 23.4 Å². The summed E-state index contributed by atoms with van der Waals surface area (Å²) in [4.78, 5) is 3.99. The van der Waals surface area contributed by atoms with Crippen LogP contribution in [0.25, 0.3) is 0 Å². The summed E-state index contributed by atoms with van der Waals surface area (Å²) in [7, 11) is 0. The Labute approximate surface area is 86.7 Å². The van der Waals surface area contributed by atoms with E-state index in [-0.39, 0.29) is 11.8 Å². The van der Waals surface area contributed by atoms with Gasteiger partial charge in [-0.3, -0.25) is 0 Å². The molecule has 3 nitrogen and oxygen atoms in total. The van der Waals surface area contributed by atoms with Crippen molar-refractivity contribution >= 4 is 6.01 Å². The molecule has 0 aliphatic rings. The number of rotatable bonds is 2. The third-order valence-electron chi connectivity index (χ3n) is 2.22. The highest BCUT2D eigenvalue weighted by Crippen LogP contribution is 2.17. The number of anilines is 1. The van der Waals surface area contributed by atoms with Gasteiger partial charge in [0.1, 0.15) is 11.6 Å². The van der Waals surface area contributed by atoms with E-state index in [9.17, 15) is 4.39 Å². The van der Waals surface area contributed by atoms with Gasteiger partial charge in [0.15, 0.2) is 0 Å². The number of halogens is 1. The van der Waals surface area contributed by atoms with Crippen LogP contribution in [0.5, 0.6) is 0 Å². The summed E-state index contributed by atoms with van der Waals surface area (Å²) in [6.07, 6.45) is 0.402. The lowest BCUT2D eigenvalue weighted by atomic mass is 10.1. The van der Waals surface area contributed by atoms with Crippen LogP contribution in [0.4, 0.5) is 10.4 Å². The fourth-order valence-electron chi connectivity index (χ4n) is 1.44. The molecule has 0 aliphatic carbocycles. The molecular formula is C11H11FN2O. The molecule has 4 heteroatoms. The molecule has 2 rings (SSSR count). The van der Waals surface area contributed by atoms with E-state index < -0.39 is 0 Å². The predicted octanol–water partition coefficient (Wildman–Crippen LogP) is 2.30. The van der Waals surface area contributed by atoms with E-state index in [0.717, 1.165) is 0 Å². The van der Waals surface area contributed by atoms with E-state index in [1.807, 2.05) is 0 Å².